The van der Waals surface area contributed by atoms with E-state index in [-0.39, 0.29) is 19.4 Å². The van der Waals surface area contributed by atoms with E-state index < -0.39 is 37.4 Å². The second-order valence-corrected chi connectivity index (χ2v) is 6.50. The number of carboxylic acid groups (broad SMARTS) is 1. The Kier molecular flexibility index (Phi) is 6.67. The molecule has 1 aromatic rings. The summed E-state index contributed by atoms with van der Waals surface area (Å²) in [6.45, 7) is -0.130. The minimum Gasteiger partial charge on any atom is -0.481 e. The Morgan fingerprint density at radius 3 is 2.32 bits per heavy atom. The highest BCUT2D eigenvalue weighted by Crippen LogP contribution is 2.37. The molecule has 7 nitrogen and oxygen atoms in total. The van der Waals surface area contributed by atoms with Gasteiger partial charge in [0, 0.05) is 6.54 Å². The third-order valence-electron chi connectivity index (χ3n) is 2.86. The molecule has 0 fully saturated rings. The van der Waals surface area contributed by atoms with Crippen molar-refractivity contribution < 1.29 is 33.4 Å². The number of amides is 1. The van der Waals surface area contributed by atoms with Gasteiger partial charge in [-0.05, 0) is 24.1 Å². The van der Waals surface area contributed by atoms with Crippen molar-refractivity contribution in [2.45, 2.75) is 12.8 Å². The van der Waals surface area contributed by atoms with E-state index in [1.807, 2.05) is 0 Å². The Hall–Kier alpha value is -1.76. The fourth-order valence-corrected chi connectivity index (χ4v) is 2.74. The third-order valence-corrected chi connectivity index (χ3v) is 3.78. The average molecular weight is 333 g/mol. The fraction of sp³-hybridized carbons (Fsp3) is 0.385. The van der Waals surface area contributed by atoms with E-state index in [0.29, 0.717) is 5.56 Å². The van der Waals surface area contributed by atoms with Crippen molar-refractivity contribution in [1.29, 1.82) is 0 Å². The van der Waals surface area contributed by atoms with Gasteiger partial charge in [-0.3, -0.25) is 14.2 Å². The third kappa shape index (κ3) is 7.31. The lowest BCUT2D eigenvalue weighted by atomic mass is 10.00. The molecular weight excluding hydrogens is 316 g/mol. The zero-order chi connectivity index (χ0) is 16.8. The van der Waals surface area contributed by atoms with Gasteiger partial charge in [-0.15, -0.1) is 0 Å². The van der Waals surface area contributed by atoms with Crippen LogP contribution in [-0.2, 0) is 20.6 Å². The summed E-state index contributed by atoms with van der Waals surface area (Å²) in [6.07, 6.45) is -0.932. The molecule has 22 heavy (non-hydrogen) atoms. The number of carbonyl (C=O) groups excluding carboxylic acids is 1. The highest BCUT2D eigenvalue weighted by molar-refractivity contribution is 7.51. The summed E-state index contributed by atoms with van der Waals surface area (Å²) < 4.78 is 24.0. The van der Waals surface area contributed by atoms with Crippen LogP contribution in [0.4, 0.5) is 4.39 Å². The maximum atomic E-state index is 12.8. The predicted octanol–water partition coefficient (Wildman–Crippen LogP) is 0.753. The second kappa shape index (κ2) is 8.03. The Balaban J connectivity index is 2.74. The van der Waals surface area contributed by atoms with Gasteiger partial charge in [0.05, 0.1) is 18.5 Å². The first-order valence-electron chi connectivity index (χ1n) is 6.46. The van der Waals surface area contributed by atoms with E-state index in [2.05, 4.69) is 5.32 Å². The summed E-state index contributed by atoms with van der Waals surface area (Å²) in [5.41, 5.74) is 0.549. The van der Waals surface area contributed by atoms with Crippen LogP contribution in [0.2, 0.25) is 0 Å². The summed E-state index contributed by atoms with van der Waals surface area (Å²) in [6, 6.07) is 5.22. The number of carbonyl (C=O) groups is 2. The normalized spacial score (nSPS) is 12.7. The number of hydrogen-bond donors (Lipinski definition) is 4. The summed E-state index contributed by atoms with van der Waals surface area (Å²) in [4.78, 5) is 40.4. The van der Waals surface area contributed by atoms with Crippen molar-refractivity contribution in [3.05, 3.63) is 35.6 Å². The number of halogens is 1. The number of rotatable bonds is 8. The summed E-state index contributed by atoms with van der Waals surface area (Å²) in [7, 11) is -4.42. The van der Waals surface area contributed by atoms with Crippen molar-refractivity contribution >= 4 is 19.5 Å². The minimum atomic E-state index is -4.42. The number of nitrogens with one attached hydrogen (secondary N) is 1. The zero-order valence-electron chi connectivity index (χ0n) is 11.6. The molecule has 1 atom stereocenters. The lowest BCUT2D eigenvalue weighted by molar-refractivity contribution is -0.137. The van der Waals surface area contributed by atoms with Gasteiger partial charge < -0.3 is 20.2 Å². The van der Waals surface area contributed by atoms with Gasteiger partial charge in [0.2, 0.25) is 5.91 Å². The van der Waals surface area contributed by atoms with E-state index >= 15 is 0 Å². The monoisotopic (exact) mass is 333 g/mol. The van der Waals surface area contributed by atoms with Crippen LogP contribution in [0.25, 0.3) is 0 Å². The molecule has 0 heterocycles. The molecule has 122 valence electrons. The van der Waals surface area contributed by atoms with Crippen LogP contribution in [0.1, 0.15) is 12.0 Å². The molecule has 1 rings (SSSR count). The van der Waals surface area contributed by atoms with Gasteiger partial charge in [-0.1, -0.05) is 12.1 Å². The van der Waals surface area contributed by atoms with Crippen molar-refractivity contribution in [3.8, 4) is 0 Å². The van der Waals surface area contributed by atoms with E-state index in [9.17, 15) is 18.5 Å². The summed E-state index contributed by atoms with van der Waals surface area (Å²) in [5.74, 6) is -3.22. The highest BCUT2D eigenvalue weighted by Gasteiger charge is 2.27. The van der Waals surface area contributed by atoms with Crippen LogP contribution < -0.4 is 5.32 Å². The molecule has 0 aliphatic rings. The first kappa shape index (κ1) is 18.3. The molecule has 0 spiro atoms. The van der Waals surface area contributed by atoms with Gasteiger partial charge >= 0.3 is 13.6 Å². The molecule has 0 saturated carbocycles. The topological polar surface area (TPSA) is 124 Å². The zero-order valence-corrected chi connectivity index (χ0v) is 12.5. The van der Waals surface area contributed by atoms with E-state index in [1.54, 1.807) is 0 Å². The fourth-order valence-electron chi connectivity index (χ4n) is 1.87. The number of aliphatic carboxylic acids is 1. The van der Waals surface area contributed by atoms with Crippen LogP contribution in [0.15, 0.2) is 24.3 Å². The lowest BCUT2D eigenvalue weighted by Gasteiger charge is -2.17. The quantitative estimate of drug-likeness (QED) is 0.521. The Bertz CT molecular complexity index is 570. The minimum absolute atomic E-state index is 0.0181. The summed E-state index contributed by atoms with van der Waals surface area (Å²) in [5, 5.41) is 10.8. The van der Waals surface area contributed by atoms with Gasteiger partial charge in [-0.2, -0.15) is 0 Å². The smallest absolute Gasteiger partial charge is 0.326 e. The molecule has 0 saturated heterocycles. The van der Waals surface area contributed by atoms with Crippen LogP contribution in [-0.4, -0.2) is 39.5 Å². The molecule has 1 unspecified atom stereocenters. The lowest BCUT2D eigenvalue weighted by Crippen LogP contribution is -2.35. The van der Waals surface area contributed by atoms with E-state index in [0.717, 1.165) is 0 Å². The van der Waals surface area contributed by atoms with Crippen LogP contribution >= 0.6 is 7.60 Å². The Morgan fingerprint density at radius 1 is 1.23 bits per heavy atom. The maximum absolute atomic E-state index is 12.8. The molecule has 0 bridgehead atoms. The molecule has 0 aromatic heterocycles. The predicted molar refractivity (Wildman–Crippen MR) is 75.8 cm³/mol. The number of benzene rings is 1. The van der Waals surface area contributed by atoms with Crippen LogP contribution in [0.3, 0.4) is 0 Å². The average Bonchev–Trinajstić information content (AvgIpc) is 2.38. The maximum Gasteiger partial charge on any atom is 0.326 e. The molecule has 9 heteroatoms. The van der Waals surface area contributed by atoms with Crippen molar-refractivity contribution in [2.75, 3.05) is 12.7 Å². The van der Waals surface area contributed by atoms with Crippen molar-refractivity contribution in [1.82, 2.24) is 5.32 Å². The van der Waals surface area contributed by atoms with Gasteiger partial charge in [0.25, 0.3) is 0 Å². The van der Waals surface area contributed by atoms with E-state index in [4.69, 9.17) is 14.9 Å². The Morgan fingerprint density at radius 2 is 1.82 bits per heavy atom. The van der Waals surface area contributed by atoms with Crippen molar-refractivity contribution in [2.24, 2.45) is 5.92 Å². The second-order valence-electron chi connectivity index (χ2n) is 4.81. The first-order valence-corrected chi connectivity index (χ1v) is 8.25. The SMILES string of the molecule is O=C(O)CCNC(=O)C(Cc1ccc(F)cc1)CP(=O)(O)O. The molecule has 0 aliphatic heterocycles. The van der Waals surface area contributed by atoms with Crippen LogP contribution in [0, 0.1) is 11.7 Å². The highest BCUT2D eigenvalue weighted by atomic mass is 31.2. The van der Waals surface area contributed by atoms with Gasteiger partial charge in [0.1, 0.15) is 5.82 Å². The molecule has 4 N–H and O–H groups in total. The molecule has 0 aliphatic carbocycles. The van der Waals surface area contributed by atoms with Gasteiger partial charge in [-0.25, -0.2) is 4.39 Å². The standard InChI is InChI=1S/C13H17FNO6P/c14-11-3-1-9(2-4-11)7-10(8-22(19,20)21)13(18)15-6-5-12(16)17/h1-4,10H,5-8H2,(H,15,18)(H,16,17)(H2,19,20,21). The largest absolute Gasteiger partial charge is 0.481 e. The molecular formula is C13H17FNO6P. The molecule has 1 aromatic carbocycles. The van der Waals surface area contributed by atoms with Gasteiger partial charge in [0.15, 0.2) is 0 Å². The van der Waals surface area contributed by atoms with E-state index in [1.165, 1.54) is 24.3 Å². The Labute approximate surface area is 126 Å². The molecule has 1 amide bonds. The number of carboxylic acids is 1. The first-order chi connectivity index (χ1) is 10.2. The number of hydrogen-bond acceptors (Lipinski definition) is 3. The summed E-state index contributed by atoms with van der Waals surface area (Å²) >= 11 is 0. The van der Waals surface area contributed by atoms with Crippen LogP contribution in [0.5, 0.6) is 0 Å². The molecule has 0 radical (unpaired) electrons. The van der Waals surface area contributed by atoms with Crippen molar-refractivity contribution in [3.63, 3.8) is 0 Å².